The first-order chi connectivity index (χ1) is 13.4. The van der Waals surface area contributed by atoms with Gasteiger partial charge < -0.3 is 39.4 Å². The number of amides is 1. The maximum absolute atomic E-state index is 12.1. The summed E-state index contributed by atoms with van der Waals surface area (Å²) in [5.41, 5.74) is -1.49. The SMILES string of the molecule is CC(C)(C)OC(=O)NCC12COC(O1)[C@H](NCCCC(=O)O)[C@H]1OC(C)(C)O[C@H]12. The average molecular weight is 416 g/mol. The van der Waals surface area contributed by atoms with Crippen molar-refractivity contribution in [3.63, 3.8) is 0 Å². The third kappa shape index (κ3) is 5.18. The Labute approximate surface area is 170 Å². The van der Waals surface area contributed by atoms with E-state index < -0.39 is 41.4 Å². The number of carbonyl (C=O) groups is 2. The summed E-state index contributed by atoms with van der Waals surface area (Å²) >= 11 is 0. The summed E-state index contributed by atoms with van der Waals surface area (Å²) < 4.78 is 29.6. The molecule has 0 aromatic heterocycles. The van der Waals surface area contributed by atoms with Gasteiger partial charge in [0.1, 0.15) is 23.4 Å². The van der Waals surface area contributed by atoms with Gasteiger partial charge in [0.15, 0.2) is 12.1 Å². The maximum atomic E-state index is 12.1. The molecular weight excluding hydrogens is 384 g/mol. The summed E-state index contributed by atoms with van der Waals surface area (Å²) in [6.45, 7) is 9.92. The highest BCUT2D eigenvalue weighted by atomic mass is 16.8. The van der Waals surface area contributed by atoms with Crippen LogP contribution in [0.3, 0.4) is 0 Å². The molecule has 0 aromatic rings. The first-order valence-electron chi connectivity index (χ1n) is 9.98. The van der Waals surface area contributed by atoms with Crippen LogP contribution in [0, 0.1) is 0 Å². The van der Waals surface area contributed by atoms with Crippen LogP contribution in [0.25, 0.3) is 0 Å². The molecule has 3 rings (SSSR count). The van der Waals surface area contributed by atoms with Gasteiger partial charge >= 0.3 is 12.1 Å². The minimum absolute atomic E-state index is 0.0762. The molecule has 3 N–H and O–H groups in total. The normalized spacial score (nSPS) is 35.2. The number of hydrogen-bond acceptors (Lipinski definition) is 8. The first kappa shape index (κ1) is 22.2. The lowest BCUT2D eigenvalue weighted by Gasteiger charge is -2.42. The Hall–Kier alpha value is -1.46. The van der Waals surface area contributed by atoms with Crippen LogP contribution in [0.1, 0.15) is 47.5 Å². The van der Waals surface area contributed by atoms with Crippen molar-refractivity contribution in [1.82, 2.24) is 10.6 Å². The smallest absolute Gasteiger partial charge is 0.407 e. The van der Waals surface area contributed by atoms with E-state index in [4.69, 9.17) is 28.8 Å². The van der Waals surface area contributed by atoms with Gasteiger partial charge in [0, 0.05) is 6.42 Å². The summed E-state index contributed by atoms with van der Waals surface area (Å²) in [5.74, 6) is -1.65. The van der Waals surface area contributed by atoms with Crippen LogP contribution in [0.2, 0.25) is 0 Å². The number of hydrogen-bond donors (Lipinski definition) is 3. The fraction of sp³-hybridized carbons (Fsp3) is 0.895. The molecule has 2 unspecified atom stereocenters. The maximum Gasteiger partial charge on any atom is 0.407 e. The first-order valence-corrected chi connectivity index (χ1v) is 9.98. The van der Waals surface area contributed by atoms with E-state index in [1.807, 2.05) is 13.8 Å². The Morgan fingerprint density at radius 1 is 1.21 bits per heavy atom. The van der Waals surface area contributed by atoms with Crippen LogP contribution < -0.4 is 10.6 Å². The molecule has 0 aliphatic carbocycles. The second-order valence-corrected chi connectivity index (χ2v) is 9.22. The third-order valence-electron chi connectivity index (χ3n) is 5.02. The highest BCUT2D eigenvalue weighted by Crippen LogP contribution is 2.46. The molecule has 3 aliphatic rings. The second-order valence-electron chi connectivity index (χ2n) is 9.22. The Morgan fingerprint density at radius 2 is 1.93 bits per heavy atom. The quantitative estimate of drug-likeness (QED) is 0.521. The highest BCUT2D eigenvalue weighted by Gasteiger charge is 2.65. The predicted octanol–water partition coefficient (Wildman–Crippen LogP) is 0.980. The lowest BCUT2D eigenvalue weighted by Crippen LogP contribution is -2.66. The average Bonchev–Trinajstić information content (AvgIpc) is 3.11. The van der Waals surface area contributed by atoms with E-state index in [2.05, 4.69) is 10.6 Å². The molecular formula is C19H32N2O8. The molecule has 5 atom stereocenters. The number of rotatable bonds is 7. The number of carboxylic acid groups (broad SMARTS) is 1. The largest absolute Gasteiger partial charge is 0.481 e. The van der Waals surface area contributed by atoms with E-state index >= 15 is 0 Å². The second kappa shape index (κ2) is 7.99. The van der Waals surface area contributed by atoms with E-state index in [-0.39, 0.29) is 31.7 Å². The van der Waals surface area contributed by atoms with E-state index in [9.17, 15) is 9.59 Å². The molecule has 10 heteroatoms. The van der Waals surface area contributed by atoms with Gasteiger partial charge in [-0.05, 0) is 47.6 Å². The Kier molecular flexibility index (Phi) is 6.13. The molecule has 0 saturated carbocycles. The molecule has 3 aliphatic heterocycles. The van der Waals surface area contributed by atoms with Crippen LogP contribution in [0.5, 0.6) is 0 Å². The zero-order valence-corrected chi connectivity index (χ0v) is 17.6. The van der Waals surface area contributed by atoms with Gasteiger partial charge in [0.25, 0.3) is 0 Å². The molecule has 0 radical (unpaired) electrons. The summed E-state index contributed by atoms with van der Waals surface area (Å²) in [6, 6.07) is -0.312. The van der Waals surface area contributed by atoms with Crippen molar-refractivity contribution in [3.05, 3.63) is 0 Å². The number of nitrogens with one attached hydrogen (secondary N) is 2. The lowest BCUT2D eigenvalue weighted by atomic mass is 9.87. The number of fused-ring (bicyclic) bond motifs is 4. The molecule has 3 heterocycles. The fourth-order valence-electron chi connectivity index (χ4n) is 3.91. The highest BCUT2D eigenvalue weighted by molar-refractivity contribution is 5.67. The van der Waals surface area contributed by atoms with Crippen LogP contribution in [0.15, 0.2) is 0 Å². The van der Waals surface area contributed by atoms with Crippen molar-refractivity contribution >= 4 is 12.1 Å². The number of aliphatic carboxylic acids is 1. The standard InChI is InChI=1S/C19H32N2O8/c1-17(2,3)29-16(24)21-9-19-10-25-15(28-19)12(20-8-6-7-11(22)23)13-14(19)27-18(4,5)26-13/h12-15,20H,6-10H2,1-5H3,(H,21,24)(H,22,23)/t12-,13-,14-,15?,19?/m1/s1. The summed E-state index contributed by atoms with van der Waals surface area (Å²) in [6.07, 6.45) is -1.40. The van der Waals surface area contributed by atoms with Crippen molar-refractivity contribution in [2.45, 2.75) is 89.0 Å². The molecule has 0 aromatic carbocycles. The van der Waals surface area contributed by atoms with Crippen LogP contribution in [-0.4, -0.2) is 78.4 Å². The van der Waals surface area contributed by atoms with Crippen molar-refractivity contribution in [1.29, 1.82) is 0 Å². The monoisotopic (exact) mass is 416 g/mol. The Balaban J connectivity index is 1.67. The van der Waals surface area contributed by atoms with Crippen LogP contribution >= 0.6 is 0 Å². The molecule has 2 bridgehead atoms. The van der Waals surface area contributed by atoms with Crippen molar-refractivity contribution < 1.29 is 38.4 Å². The van der Waals surface area contributed by atoms with Crippen LogP contribution in [0.4, 0.5) is 4.79 Å². The van der Waals surface area contributed by atoms with Gasteiger partial charge in [-0.1, -0.05) is 0 Å². The number of ether oxygens (including phenoxy) is 5. The van der Waals surface area contributed by atoms with E-state index in [1.165, 1.54) is 0 Å². The minimum Gasteiger partial charge on any atom is -0.481 e. The topological polar surface area (TPSA) is 125 Å². The van der Waals surface area contributed by atoms with E-state index in [0.717, 1.165) is 0 Å². The summed E-state index contributed by atoms with van der Waals surface area (Å²) in [4.78, 5) is 22.9. The zero-order chi connectivity index (χ0) is 21.4. The Bertz CT molecular complexity index is 634. The van der Waals surface area contributed by atoms with Crippen molar-refractivity contribution in [2.75, 3.05) is 19.7 Å². The minimum atomic E-state index is -0.890. The number of carboxylic acids is 1. The van der Waals surface area contributed by atoms with Gasteiger partial charge in [-0.25, -0.2) is 4.79 Å². The van der Waals surface area contributed by atoms with Crippen molar-refractivity contribution in [2.24, 2.45) is 0 Å². The fourth-order valence-corrected chi connectivity index (χ4v) is 3.91. The lowest BCUT2D eigenvalue weighted by molar-refractivity contribution is -0.194. The van der Waals surface area contributed by atoms with E-state index in [0.29, 0.717) is 13.0 Å². The number of alkyl carbamates (subject to hydrolysis) is 1. The predicted molar refractivity (Wildman–Crippen MR) is 100 cm³/mol. The molecule has 1 amide bonds. The van der Waals surface area contributed by atoms with Gasteiger partial charge in [0.2, 0.25) is 0 Å². The number of carbonyl (C=O) groups excluding carboxylic acids is 1. The molecule has 10 nitrogen and oxygen atoms in total. The molecule has 3 fully saturated rings. The van der Waals surface area contributed by atoms with Gasteiger partial charge in [-0.2, -0.15) is 0 Å². The van der Waals surface area contributed by atoms with E-state index in [1.54, 1.807) is 20.8 Å². The molecule has 0 spiro atoms. The molecule has 29 heavy (non-hydrogen) atoms. The van der Waals surface area contributed by atoms with Gasteiger partial charge in [0.05, 0.1) is 19.2 Å². The van der Waals surface area contributed by atoms with Crippen LogP contribution in [-0.2, 0) is 28.5 Å². The zero-order valence-electron chi connectivity index (χ0n) is 17.6. The summed E-state index contributed by atoms with van der Waals surface area (Å²) in [5, 5.41) is 14.9. The van der Waals surface area contributed by atoms with Crippen molar-refractivity contribution in [3.8, 4) is 0 Å². The van der Waals surface area contributed by atoms with Gasteiger partial charge in [-0.15, -0.1) is 0 Å². The Morgan fingerprint density at radius 3 is 2.59 bits per heavy atom. The summed E-state index contributed by atoms with van der Waals surface area (Å²) in [7, 11) is 0. The van der Waals surface area contributed by atoms with Gasteiger partial charge in [-0.3, -0.25) is 4.79 Å². The third-order valence-corrected chi connectivity index (χ3v) is 5.02. The molecule has 166 valence electrons. The molecule has 3 saturated heterocycles.